The summed E-state index contributed by atoms with van der Waals surface area (Å²) in [6, 6.07) is 17.9. The molecule has 0 spiro atoms. The molecule has 1 aromatic heterocycles. The zero-order valence-corrected chi connectivity index (χ0v) is 16.2. The Bertz CT molecular complexity index is 980. The van der Waals surface area contributed by atoms with Gasteiger partial charge in [-0.3, -0.25) is 4.79 Å². The van der Waals surface area contributed by atoms with Crippen LogP contribution in [0, 0.1) is 13.8 Å². The number of benzene rings is 2. The van der Waals surface area contributed by atoms with E-state index in [0.29, 0.717) is 12.0 Å². The van der Waals surface area contributed by atoms with E-state index in [4.69, 9.17) is 4.74 Å². The van der Waals surface area contributed by atoms with Crippen LogP contribution in [0.3, 0.4) is 0 Å². The number of nitrogens with one attached hydrogen (secondary N) is 1. The van der Waals surface area contributed by atoms with Gasteiger partial charge in [-0.1, -0.05) is 36.4 Å². The van der Waals surface area contributed by atoms with Gasteiger partial charge in [0.15, 0.2) is 0 Å². The van der Waals surface area contributed by atoms with Gasteiger partial charge in [0.1, 0.15) is 6.04 Å². The fourth-order valence-corrected chi connectivity index (χ4v) is 3.10. The van der Waals surface area contributed by atoms with Gasteiger partial charge in [-0.05, 0) is 43.7 Å². The Labute approximate surface area is 164 Å². The van der Waals surface area contributed by atoms with Crippen molar-refractivity contribution in [2.45, 2.75) is 26.3 Å². The lowest BCUT2D eigenvalue weighted by Gasteiger charge is -2.17. The average Bonchev–Trinajstić information content (AvgIpc) is 3.05. The Morgan fingerprint density at radius 1 is 1.07 bits per heavy atom. The molecule has 3 rings (SSSR count). The summed E-state index contributed by atoms with van der Waals surface area (Å²) in [7, 11) is 1.32. The molecule has 0 aliphatic rings. The van der Waals surface area contributed by atoms with Crippen molar-refractivity contribution in [2.24, 2.45) is 0 Å². The molecule has 0 aliphatic heterocycles. The minimum atomic E-state index is -0.766. The number of aryl methyl sites for hydroxylation is 2. The van der Waals surface area contributed by atoms with E-state index < -0.39 is 12.0 Å². The highest BCUT2D eigenvalue weighted by molar-refractivity contribution is 5.97. The van der Waals surface area contributed by atoms with Crippen LogP contribution in [0.15, 0.2) is 60.7 Å². The summed E-state index contributed by atoms with van der Waals surface area (Å²) in [5, 5.41) is 7.24. The van der Waals surface area contributed by atoms with Gasteiger partial charge in [0, 0.05) is 17.7 Å². The van der Waals surface area contributed by atoms with Crippen LogP contribution in [0.25, 0.3) is 5.69 Å². The van der Waals surface area contributed by atoms with Crippen LogP contribution in [0.4, 0.5) is 0 Å². The Balaban J connectivity index is 1.81. The van der Waals surface area contributed by atoms with E-state index in [1.807, 2.05) is 56.3 Å². The van der Waals surface area contributed by atoms with Gasteiger partial charge < -0.3 is 10.1 Å². The van der Waals surface area contributed by atoms with Gasteiger partial charge in [0.05, 0.1) is 18.5 Å². The normalized spacial score (nSPS) is 11.7. The second-order valence-electron chi connectivity index (χ2n) is 6.63. The van der Waals surface area contributed by atoms with E-state index in [9.17, 15) is 9.59 Å². The van der Waals surface area contributed by atoms with Crippen LogP contribution in [0.5, 0.6) is 0 Å². The van der Waals surface area contributed by atoms with Crippen molar-refractivity contribution in [3.63, 3.8) is 0 Å². The van der Waals surface area contributed by atoms with Gasteiger partial charge in [-0.15, -0.1) is 0 Å². The number of aromatic nitrogens is 2. The second kappa shape index (κ2) is 8.52. The second-order valence-corrected chi connectivity index (χ2v) is 6.63. The summed E-state index contributed by atoms with van der Waals surface area (Å²) >= 11 is 0. The van der Waals surface area contributed by atoms with Crippen molar-refractivity contribution in [1.29, 1.82) is 0 Å². The molecule has 1 heterocycles. The number of ether oxygens (including phenoxy) is 1. The molecule has 6 nitrogen and oxygen atoms in total. The average molecular weight is 377 g/mol. The van der Waals surface area contributed by atoms with Gasteiger partial charge in [0.2, 0.25) is 0 Å². The minimum absolute atomic E-state index is 0.338. The van der Waals surface area contributed by atoms with E-state index >= 15 is 0 Å². The summed E-state index contributed by atoms with van der Waals surface area (Å²) in [5.41, 5.74) is 4.06. The fraction of sp³-hybridized carbons (Fsp3) is 0.227. The monoisotopic (exact) mass is 377 g/mol. The molecule has 28 heavy (non-hydrogen) atoms. The largest absolute Gasteiger partial charge is 0.467 e. The predicted molar refractivity (Wildman–Crippen MR) is 106 cm³/mol. The number of nitrogens with zero attached hydrogens (tertiary/aromatic N) is 2. The van der Waals surface area contributed by atoms with Gasteiger partial charge in [0.25, 0.3) is 5.91 Å². The lowest BCUT2D eigenvalue weighted by molar-refractivity contribution is -0.142. The molecule has 0 fully saturated rings. The van der Waals surface area contributed by atoms with Crippen LogP contribution in [-0.4, -0.2) is 34.8 Å². The van der Waals surface area contributed by atoms with E-state index in [1.54, 1.807) is 22.9 Å². The molecule has 0 bridgehead atoms. The minimum Gasteiger partial charge on any atom is -0.467 e. The Kier molecular flexibility index (Phi) is 5.89. The standard InChI is InChI=1S/C22H23N3O3/c1-15-12-16(2)25(24-15)19-11-7-10-18(14-19)21(26)23-20(22(27)28-3)13-17-8-5-4-6-9-17/h4-12,14,20H,13H2,1-3H3,(H,23,26). The van der Waals surface area contributed by atoms with Crippen LogP contribution < -0.4 is 5.32 Å². The molecule has 0 aliphatic carbocycles. The zero-order valence-electron chi connectivity index (χ0n) is 16.2. The molecule has 144 valence electrons. The van der Waals surface area contributed by atoms with Crippen molar-refractivity contribution < 1.29 is 14.3 Å². The van der Waals surface area contributed by atoms with E-state index in [0.717, 1.165) is 22.6 Å². The third-order valence-corrected chi connectivity index (χ3v) is 4.44. The Hall–Kier alpha value is -3.41. The van der Waals surface area contributed by atoms with Gasteiger partial charge >= 0.3 is 5.97 Å². The maximum atomic E-state index is 12.8. The Morgan fingerprint density at radius 3 is 2.46 bits per heavy atom. The number of esters is 1. The van der Waals surface area contributed by atoms with E-state index in [1.165, 1.54) is 7.11 Å². The van der Waals surface area contributed by atoms with Crippen molar-refractivity contribution in [2.75, 3.05) is 7.11 Å². The maximum absolute atomic E-state index is 12.8. The maximum Gasteiger partial charge on any atom is 0.328 e. The molecular formula is C22H23N3O3. The molecular weight excluding hydrogens is 354 g/mol. The third kappa shape index (κ3) is 4.46. The summed E-state index contributed by atoms with van der Waals surface area (Å²) in [6.45, 7) is 3.88. The van der Waals surface area contributed by atoms with Crippen molar-refractivity contribution in [3.05, 3.63) is 83.2 Å². The molecule has 6 heteroatoms. The van der Waals surface area contributed by atoms with Gasteiger partial charge in [-0.25, -0.2) is 9.48 Å². The highest BCUT2D eigenvalue weighted by Gasteiger charge is 2.23. The smallest absolute Gasteiger partial charge is 0.328 e. The van der Waals surface area contributed by atoms with Crippen LogP contribution in [0.2, 0.25) is 0 Å². The zero-order chi connectivity index (χ0) is 20.1. The predicted octanol–water partition coefficient (Wildman–Crippen LogP) is 3.00. The fourth-order valence-electron chi connectivity index (χ4n) is 3.10. The first-order valence-electron chi connectivity index (χ1n) is 9.04. The van der Waals surface area contributed by atoms with Gasteiger partial charge in [-0.2, -0.15) is 5.10 Å². The summed E-state index contributed by atoms with van der Waals surface area (Å²) in [6.07, 6.45) is 0.358. The molecule has 1 N–H and O–H groups in total. The highest BCUT2D eigenvalue weighted by atomic mass is 16.5. The first kappa shape index (κ1) is 19.4. The molecule has 0 radical (unpaired) electrons. The summed E-state index contributed by atoms with van der Waals surface area (Å²) in [5.74, 6) is -0.818. The number of hydrogen-bond donors (Lipinski definition) is 1. The number of amides is 1. The number of rotatable bonds is 6. The molecule has 1 unspecified atom stereocenters. The number of carbonyl (C=O) groups is 2. The molecule has 0 saturated carbocycles. The van der Waals surface area contributed by atoms with E-state index in [-0.39, 0.29) is 5.91 Å². The van der Waals surface area contributed by atoms with Crippen LogP contribution in [-0.2, 0) is 16.0 Å². The number of methoxy groups -OCH3 is 1. The van der Waals surface area contributed by atoms with Crippen LogP contribution in [0.1, 0.15) is 27.3 Å². The summed E-state index contributed by atoms with van der Waals surface area (Å²) < 4.78 is 6.65. The molecule has 2 aromatic carbocycles. The highest BCUT2D eigenvalue weighted by Crippen LogP contribution is 2.14. The Morgan fingerprint density at radius 2 is 1.82 bits per heavy atom. The first-order chi connectivity index (χ1) is 13.5. The van der Waals surface area contributed by atoms with Crippen molar-refractivity contribution in [1.82, 2.24) is 15.1 Å². The number of carbonyl (C=O) groups excluding carboxylic acids is 2. The van der Waals surface area contributed by atoms with Crippen LogP contribution >= 0.6 is 0 Å². The molecule has 0 saturated heterocycles. The summed E-state index contributed by atoms with van der Waals surface area (Å²) in [4.78, 5) is 25.0. The third-order valence-electron chi connectivity index (χ3n) is 4.44. The quantitative estimate of drug-likeness (QED) is 0.670. The molecule has 1 atom stereocenters. The number of hydrogen-bond acceptors (Lipinski definition) is 4. The molecule has 1 amide bonds. The first-order valence-corrected chi connectivity index (χ1v) is 9.04. The SMILES string of the molecule is COC(=O)C(Cc1ccccc1)NC(=O)c1cccc(-n2nc(C)cc2C)c1. The lowest BCUT2D eigenvalue weighted by Crippen LogP contribution is -2.43. The molecule has 3 aromatic rings. The topological polar surface area (TPSA) is 73.2 Å². The van der Waals surface area contributed by atoms with E-state index in [2.05, 4.69) is 10.4 Å². The van der Waals surface area contributed by atoms with Crippen molar-refractivity contribution in [3.8, 4) is 5.69 Å². The van der Waals surface area contributed by atoms with Crippen molar-refractivity contribution >= 4 is 11.9 Å². The lowest BCUT2D eigenvalue weighted by atomic mass is 10.1.